The molecule has 3 N–H and O–H groups in total. The number of amides is 1. The Kier molecular flexibility index (Phi) is 4.38. The fraction of sp³-hybridized carbons (Fsp3) is 0.143. The van der Waals surface area contributed by atoms with Crippen LogP contribution in [0.25, 0.3) is 16.6 Å². The zero-order chi connectivity index (χ0) is 18.8. The van der Waals surface area contributed by atoms with Crippen LogP contribution in [0.3, 0.4) is 0 Å². The zero-order valence-electron chi connectivity index (χ0n) is 15.0. The van der Waals surface area contributed by atoms with Gasteiger partial charge in [0.15, 0.2) is 0 Å². The Balaban J connectivity index is 1.51. The van der Waals surface area contributed by atoms with Crippen molar-refractivity contribution in [2.24, 2.45) is 0 Å². The molecule has 0 aliphatic carbocycles. The first-order valence-electron chi connectivity index (χ1n) is 8.85. The van der Waals surface area contributed by atoms with Crippen molar-refractivity contribution >= 4 is 22.5 Å². The molecule has 0 aliphatic heterocycles. The number of H-pyrrole nitrogens is 2. The molecule has 0 fully saturated rings. The molecule has 0 atom stereocenters. The molecule has 6 heteroatoms. The molecule has 0 aliphatic rings. The predicted molar refractivity (Wildman–Crippen MR) is 106 cm³/mol. The number of benzene rings is 2. The van der Waals surface area contributed by atoms with Crippen LogP contribution in [0.5, 0.6) is 0 Å². The summed E-state index contributed by atoms with van der Waals surface area (Å²) < 4.78 is 1.55. The summed E-state index contributed by atoms with van der Waals surface area (Å²) in [4.78, 5) is 30.5. The van der Waals surface area contributed by atoms with E-state index in [2.05, 4.69) is 21.4 Å². The molecule has 0 saturated carbocycles. The molecular weight excluding hydrogens is 340 g/mol. The van der Waals surface area contributed by atoms with Crippen LogP contribution in [0.4, 0.5) is 5.69 Å². The number of aromatic nitrogens is 3. The van der Waals surface area contributed by atoms with Gasteiger partial charge in [0, 0.05) is 35.4 Å². The van der Waals surface area contributed by atoms with Gasteiger partial charge in [0.05, 0.1) is 11.4 Å². The Morgan fingerprint density at radius 3 is 2.63 bits per heavy atom. The number of aromatic amines is 2. The van der Waals surface area contributed by atoms with E-state index in [1.165, 1.54) is 0 Å². The minimum Gasteiger partial charge on any atom is -0.361 e. The van der Waals surface area contributed by atoms with Crippen molar-refractivity contribution in [3.05, 3.63) is 82.7 Å². The maximum absolute atomic E-state index is 12.5. The van der Waals surface area contributed by atoms with Crippen LogP contribution in [0, 0.1) is 6.92 Å². The number of hydrogen-bond acceptors (Lipinski definition) is 2. The Morgan fingerprint density at radius 1 is 1.04 bits per heavy atom. The molecule has 2 aromatic heterocycles. The molecule has 0 radical (unpaired) electrons. The average Bonchev–Trinajstić information content (AvgIpc) is 3.24. The smallest absolute Gasteiger partial charge is 0.330 e. The average molecular weight is 360 g/mol. The zero-order valence-corrected chi connectivity index (χ0v) is 15.0. The largest absolute Gasteiger partial charge is 0.361 e. The number of rotatable bonds is 5. The van der Waals surface area contributed by atoms with Crippen LogP contribution < -0.4 is 11.0 Å². The molecule has 0 unspecified atom stereocenters. The number of carbonyl (C=O) groups is 1. The Bertz CT molecular complexity index is 1170. The lowest BCUT2D eigenvalue weighted by Gasteiger charge is -2.12. The molecule has 0 spiro atoms. The maximum Gasteiger partial charge on any atom is 0.330 e. The summed E-state index contributed by atoms with van der Waals surface area (Å²) in [6, 6.07) is 15.3. The Morgan fingerprint density at radius 2 is 1.81 bits per heavy atom. The van der Waals surface area contributed by atoms with Crippen LogP contribution in [-0.2, 0) is 11.2 Å². The highest BCUT2D eigenvalue weighted by Crippen LogP contribution is 2.22. The lowest BCUT2D eigenvalue weighted by Crippen LogP contribution is -2.19. The van der Waals surface area contributed by atoms with Crippen LogP contribution in [0.1, 0.15) is 17.7 Å². The second-order valence-electron chi connectivity index (χ2n) is 6.50. The van der Waals surface area contributed by atoms with E-state index in [0.717, 1.165) is 22.2 Å². The summed E-state index contributed by atoms with van der Waals surface area (Å²) in [5.41, 5.74) is 4.01. The highest BCUT2D eigenvalue weighted by molar-refractivity contribution is 5.93. The van der Waals surface area contributed by atoms with Gasteiger partial charge in [0.1, 0.15) is 0 Å². The summed E-state index contributed by atoms with van der Waals surface area (Å²) in [6.45, 7) is 1.84. The molecule has 6 nitrogen and oxygen atoms in total. The van der Waals surface area contributed by atoms with Gasteiger partial charge in [-0.25, -0.2) is 4.79 Å². The van der Waals surface area contributed by atoms with E-state index in [0.29, 0.717) is 24.2 Å². The van der Waals surface area contributed by atoms with Gasteiger partial charge in [0.2, 0.25) is 5.91 Å². The molecule has 2 aromatic carbocycles. The van der Waals surface area contributed by atoms with Crippen molar-refractivity contribution in [2.45, 2.75) is 19.8 Å². The Labute approximate surface area is 155 Å². The number of carbonyl (C=O) groups excluding carboxylic acids is 1. The third-order valence-corrected chi connectivity index (χ3v) is 4.68. The quantitative estimate of drug-likeness (QED) is 0.509. The number of imidazole rings is 1. The van der Waals surface area contributed by atoms with Gasteiger partial charge >= 0.3 is 5.69 Å². The van der Waals surface area contributed by atoms with Crippen molar-refractivity contribution in [1.29, 1.82) is 0 Å². The normalized spacial score (nSPS) is 11.0. The van der Waals surface area contributed by atoms with Crippen molar-refractivity contribution in [3.8, 4) is 5.69 Å². The number of nitrogens with one attached hydrogen (secondary N) is 3. The van der Waals surface area contributed by atoms with E-state index in [4.69, 9.17) is 0 Å². The number of aryl methyl sites for hydroxylation is 2. The monoisotopic (exact) mass is 360 g/mol. The molecule has 0 saturated heterocycles. The van der Waals surface area contributed by atoms with Gasteiger partial charge in [-0.15, -0.1) is 0 Å². The van der Waals surface area contributed by atoms with E-state index in [1.54, 1.807) is 16.8 Å². The van der Waals surface area contributed by atoms with E-state index in [1.807, 2.05) is 49.5 Å². The van der Waals surface area contributed by atoms with E-state index >= 15 is 0 Å². The molecular formula is C21H20N4O2. The highest BCUT2D eigenvalue weighted by atomic mass is 16.2. The van der Waals surface area contributed by atoms with Crippen molar-refractivity contribution in [1.82, 2.24) is 14.5 Å². The first-order valence-corrected chi connectivity index (χ1v) is 8.85. The first kappa shape index (κ1) is 16.9. The van der Waals surface area contributed by atoms with Crippen molar-refractivity contribution in [2.75, 3.05) is 5.32 Å². The van der Waals surface area contributed by atoms with Crippen molar-refractivity contribution in [3.63, 3.8) is 0 Å². The van der Waals surface area contributed by atoms with Gasteiger partial charge in [-0.3, -0.25) is 9.36 Å². The summed E-state index contributed by atoms with van der Waals surface area (Å²) in [5, 5.41) is 4.08. The van der Waals surface area contributed by atoms with E-state index in [9.17, 15) is 9.59 Å². The fourth-order valence-electron chi connectivity index (χ4n) is 3.33. The predicted octanol–water partition coefficient (Wildman–Crippen LogP) is 3.53. The van der Waals surface area contributed by atoms with Crippen LogP contribution in [0.15, 0.2) is 65.7 Å². The number of anilines is 1. The van der Waals surface area contributed by atoms with Gasteiger partial charge in [0.25, 0.3) is 0 Å². The van der Waals surface area contributed by atoms with Crippen LogP contribution in [0.2, 0.25) is 0 Å². The van der Waals surface area contributed by atoms with E-state index in [-0.39, 0.29) is 11.6 Å². The fourth-order valence-corrected chi connectivity index (χ4v) is 3.33. The Hall–Kier alpha value is -3.54. The molecule has 4 aromatic rings. The van der Waals surface area contributed by atoms with Gasteiger partial charge in [-0.1, -0.05) is 30.3 Å². The van der Waals surface area contributed by atoms with Crippen molar-refractivity contribution < 1.29 is 4.79 Å². The van der Waals surface area contributed by atoms with E-state index < -0.39 is 0 Å². The summed E-state index contributed by atoms with van der Waals surface area (Å²) in [5.74, 6) is -0.0889. The second kappa shape index (κ2) is 6.99. The molecule has 0 bridgehead atoms. The summed E-state index contributed by atoms with van der Waals surface area (Å²) in [7, 11) is 0. The second-order valence-corrected chi connectivity index (χ2v) is 6.50. The minimum atomic E-state index is -0.229. The van der Waals surface area contributed by atoms with Gasteiger partial charge in [-0.05, 0) is 37.1 Å². The lowest BCUT2D eigenvalue weighted by atomic mass is 10.1. The standard InChI is InChI=1S/C21H20N4O2/c1-14-12-23-21(27)25(14)19-9-5-4-8-18(19)24-20(26)11-10-15-13-22-17-7-3-2-6-16(15)17/h2-9,12-13,22H,10-11H2,1H3,(H,23,27)(H,24,26). The SMILES string of the molecule is Cc1c[nH]c(=O)n1-c1ccccc1NC(=O)CCc1c[nH]c2ccccc12. The summed E-state index contributed by atoms with van der Waals surface area (Å²) >= 11 is 0. The number of para-hydroxylation sites is 3. The minimum absolute atomic E-state index is 0.0889. The lowest BCUT2D eigenvalue weighted by molar-refractivity contribution is -0.116. The van der Waals surface area contributed by atoms with Crippen LogP contribution >= 0.6 is 0 Å². The molecule has 4 rings (SSSR count). The van der Waals surface area contributed by atoms with Gasteiger partial charge < -0.3 is 15.3 Å². The maximum atomic E-state index is 12.5. The van der Waals surface area contributed by atoms with Gasteiger partial charge in [-0.2, -0.15) is 0 Å². The molecule has 1 amide bonds. The molecule has 27 heavy (non-hydrogen) atoms. The first-order chi connectivity index (χ1) is 13.1. The highest BCUT2D eigenvalue weighted by Gasteiger charge is 2.12. The summed E-state index contributed by atoms with van der Waals surface area (Å²) in [6.07, 6.45) is 4.60. The molecule has 136 valence electrons. The number of fused-ring (bicyclic) bond motifs is 1. The molecule has 2 heterocycles. The number of nitrogens with zero attached hydrogens (tertiary/aromatic N) is 1. The third-order valence-electron chi connectivity index (χ3n) is 4.68. The third kappa shape index (κ3) is 3.29. The topological polar surface area (TPSA) is 82.7 Å². The van der Waals surface area contributed by atoms with Crippen LogP contribution in [-0.4, -0.2) is 20.4 Å². The number of hydrogen-bond donors (Lipinski definition) is 3.